The highest BCUT2D eigenvalue weighted by Crippen LogP contribution is 2.42. The molecule has 2 N–H and O–H groups in total. The maximum atomic E-state index is 13.1. The topological polar surface area (TPSA) is 104 Å². The molecule has 0 saturated heterocycles. The summed E-state index contributed by atoms with van der Waals surface area (Å²) in [4.78, 5) is 45.8. The molecule has 0 radical (unpaired) electrons. The normalized spacial score (nSPS) is 17.9. The van der Waals surface area contributed by atoms with Crippen LogP contribution in [0, 0.1) is 0 Å². The molecule has 0 unspecified atom stereocenters. The van der Waals surface area contributed by atoms with E-state index in [1.165, 1.54) is 17.7 Å². The molecule has 5 rings (SSSR count). The van der Waals surface area contributed by atoms with Crippen LogP contribution in [0.1, 0.15) is 44.1 Å². The van der Waals surface area contributed by atoms with Crippen molar-refractivity contribution in [3.05, 3.63) is 48.3 Å². The molecular formula is C26H31N5O4. The summed E-state index contributed by atoms with van der Waals surface area (Å²) in [6.07, 6.45) is 9.96. The SMILES string of the molecule is O=C(NCCc1cccnc1)Oc1ccc2c(c1)N(C(=O)CNC1CCCC1)CC(=O)N2C1CC1. The molecule has 2 fully saturated rings. The van der Waals surface area contributed by atoms with Crippen molar-refractivity contribution in [1.29, 1.82) is 0 Å². The van der Waals surface area contributed by atoms with Crippen molar-refractivity contribution in [3.8, 4) is 5.75 Å². The molecule has 3 aliphatic rings. The highest BCUT2D eigenvalue weighted by atomic mass is 16.6. The molecule has 0 atom stereocenters. The van der Waals surface area contributed by atoms with Gasteiger partial charge < -0.3 is 20.3 Å². The lowest BCUT2D eigenvalue weighted by molar-refractivity contribution is -0.122. The number of nitrogens with one attached hydrogen (secondary N) is 2. The smallest absolute Gasteiger partial charge is 0.410 e. The maximum Gasteiger partial charge on any atom is 0.412 e. The van der Waals surface area contributed by atoms with E-state index in [1.54, 1.807) is 35.5 Å². The molecular weight excluding hydrogens is 446 g/mol. The molecule has 1 aromatic carbocycles. The number of nitrogens with zero attached hydrogens (tertiary/aromatic N) is 3. The number of pyridine rings is 1. The Hall–Kier alpha value is -3.46. The number of amides is 3. The van der Waals surface area contributed by atoms with E-state index in [0.717, 1.165) is 31.2 Å². The Balaban J connectivity index is 1.27. The van der Waals surface area contributed by atoms with Crippen LogP contribution in [0.15, 0.2) is 42.7 Å². The van der Waals surface area contributed by atoms with Crippen LogP contribution in [0.5, 0.6) is 5.75 Å². The number of hydrogen-bond acceptors (Lipinski definition) is 6. The molecule has 184 valence electrons. The quantitative estimate of drug-likeness (QED) is 0.606. The molecule has 0 bridgehead atoms. The molecule has 1 aromatic heterocycles. The van der Waals surface area contributed by atoms with Gasteiger partial charge >= 0.3 is 6.09 Å². The van der Waals surface area contributed by atoms with Crippen molar-refractivity contribution in [2.75, 3.05) is 29.4 Å². The molecule has 9 heteroatoms. The van der Waals surface area contributed by atoms with Crippen molar-refractivity contribution in [2.24, 2.45) is 0 Å². The fourth-order valence-electron chi connectivity index (χ4n) is 4.83. The fraction of sp³-hybridized carbons (Fsp3) is 0.462. The Kier molecular flexibility index (Phi) is 6.94. The summed E-state index contributed by atoms with van der Waals surface area (Å²) in [6.45, 7) is 0.590. The number of rotatable bonds is 8. The minimum Gasteiger partial charge on any atom is -0.410 e. The Morgan fingerprint density at radius 2 is 1.91 bits per heavy atom. The van der Waals surface area contributed by atoms with E-state index < -0.39 is 6.09 Å². The van der Waals surface area contributed by atoms with Gasteiger partial charge in [-0.3, -0.25) is 19.5 Å². The number of aromatic nitrogens is 1. The summed E-state index contributed by atoms with van der Waals surface area (Å²) in [7, 11) is 0. The van der Waals surface area contributed by atoms with Gasteiger partial charge in [0.1, 0.15) is 12.3 Å². The van der Waals surface area contributed by atoms with Gasteiger partial charge in [-0.25, -0.2) is 4.79 Å². The van der Waals surface area contributed by atoms with Gasteiger partial charge in [0.2, 0.25) is 11.8 Å². The average molecular weight is 478 g/mol. The molecule has 2 aromatic rings. The summed E-state index contributed by atoms with van der Waals surface area (Å²) < 4.78 is 5.50. The van der Waals surface area contributed by atoms with E-state index in [4.69, 9.17) is 4.74 Å². The van der Waals surface area contributed by atoms with Gasteiger partial charge in [-0.15, -0.1) is 0 Å². The van der Waals surface area contributed by atoms with Gasteiger partial charge in [0.15, 0.2) is 0 Å². The second kappa shape index (κ2) is 10.4. The van der Waals surface area contributed by atoms with Gasteiger partial charge in [0, 0.05) is 37.1 Å². The zero-order chi connectivity index (χ0) is 24.2. The van der Waals surface area contributed by atoms with Crippen LogP contribution >= 0.6 is 0 Å². The molecule has 2 aliphatic carbocycles. The van der Waals surface area contributed by atoms with E-state index in [2.05, 4.69) is 15.6 Å². The monoisotopic (exact) mass is 477 g/mol. The highest BCUT2D eigenvalue weighted by Gasteiger charge is 2.40. The standard InChI is InChI=1S/C26H31N5O4/c32-24(16-29-19-5-1-2-6-19)30-17-25(33)31(20-7-8-20)22-10-9-21(14-23(22)30)35-26(34)28-13-11-18-4-3-12-27-15-18/h3-4,9-10,12,14-15,19-20,29H,1-2,5-8,11,13,16-17H2,(H,28,34). The molecule has 2 saturated carbocycles. The Morgan fingerprint density at radius 3 is 2.66 bits per heavy atom. The third-order valence-corrected chi connectivity index (χ3v) is 6.79. The summed E-state index contributed by atoms with van der Waals surface area (Å²) in [5, 5.41) is 6.08. The number of anilines is 2. The lowest BCUT2D eigenvalue weighted by atomic mass is 10.1. The van der Waals surface area contributed by atoms with E-state index in [1.807, 2.05) is 12.1 Å². The van der Waals surface area contributed by atoms with E-state index >= 15 is 0 Å². The van der Waals surface area contributed by atoms with Gasteiger partial charge in [0.05, 0.1) is 17.9 Å². The van der Waals surface area contributed by atoms with Crippen molar-refractivity contribution < 1.29 is 19.1 Å². The van der Waals surface area contributed by atoms with Crippen molar-refractivity contribution >= 4 is 29.3 Å². The first-order valence-electron chi connectivity index (χ1n) is 12.4. The Morgan fingerprint density at radius 1 is 1.09 bits per heavy atom. The number of hydrogen-bond donors (Lipinski definition) is 2. The minimum atomic E-state index is -0.569. The van der Waals surface area contributed by atoms with Gasteiger partial charge in [-0.05, 0) is 55.9 Å². The van der Waals surface area contributed by atoms with Crippen LogP contribution in [-0.2, 0) is 16.0 Å². The van der Waals surface area contributed by atoms with Crippen LogP contribution in [0.4, 0.5) is 16.2 Å². The number of benzene rings is 1. The molecule has 1 aliphatic heterocycles. The number of carbonyl (C=O) groups is 3. The van der Waals surface area contributed by atoms with Crippen molar-refractivity contribution in [3.63, 3.8) is 0 Å². The van der Waals surface area contributed by atoms with Crippen LogP contribution < -0.4 is 25.2 Å². The number of ether oxygens (including phenoxy) is 1. The predicted octanol–water partition coefficient (Wildman–Crippen LogP) is 2.79. The molecule has 35 heavy (non-hydrogen) atoms. The first-order chi connectivity index (χ1) is 17.1. The van der Waals surface area contributed by atoms with E-state index in [-0.39, 0.29) is 30.9 Å². The second-order valence-electron chi connectivity index (χ2n) is 9.42. The number of fused-ring (bicyclic) bond motifs is 1. The molecule has 9 nitrogen and oxygen atoms in total. The Bertz CT molecular complexity index is 1080. The third kappa shape index (κ3) is 5.62. The maximum absolute atomic E-state index is 13.1. The summed E-state index contributed by atoms with van der Waals surface area (Å²) in [6, 6.07) is 9.46. The zero-order valence-electron chi connectivity index (χ0n) is 19.7. The van der Waals surface area contributed by atoms with Gasteiger partial charge in [0.25, 0.3) is 0 Å². The summed E-state index contributed by atoms with van der Waals surface area (Å²) in [5.41, 5.74) is 2.32. The van der Waals surface area contributed by atoms with Crippen LogP contribution in [0.2, 0.25) is 0 Å². The molecule has 2 heterocycles. The average Bonchev–Trinajstić information content (AvgIpc) is 3.56. The fourth-order valence-corrected chi connectivity index (χ4v) is 4.83. The number of carbonyl (C=O) groups excluding carboxylic acids is 3. The third-order valence-electron chi connectivity index (χ3n) is 6.79. The lowest BCUT2D eigenvalue weighted by Gasteiger charge is -2.36. The van der Waals surface area contributed by atoms with Crippen LogP contribution in [0.3, 0.4) is 0 Å². The second-order valence-corrected chi connectivity index (χ2v) is 9.42. The predicted molar refractivity (Wildman–Crippen MR) is 132 cm³/mol. The summed E-state index contributed by atoms with van der Waals surface area (Å²) >= 11 is 0. The summed E-state index contributed by atoms with van der Waals surface area (Å²) in [5.74, 6) is 0.102. The Labute approximate surface area is 204 Å². The van der Waals surface area contributed by atoms with E-state index in [9.17, 15) is 14.4 Å². The van der Waals surface area contributed by atoms with E-state index in [0.29, 0.717) is 36.1 Å². The first kappa shape index (κ1) is 23.3. The van der Waals surface area contributed by atoms with Crippen LogP contribution in [0.25, 0.3) is 0 Å². The first-order valence-corrected chi connectivity index (χ1v) is 12.4. The minimum absolute atomic E-state index is 0.00452. The van der Waals surface area contributed by atoms with Crippen molar-refractivity contribution in [2.45, 2.75) is 57.0 Å². The molecule has 0 spiro atoms. The van der Waals surface area contributed by atoms with Crippen molar-refractivity contribution in [1.82, 2.24) is 15.6 Å². The lowest BCUT2D eigenvalue weighted by Crippen LogP contribution is -2.51. The molecule has 3 amide bonds. The zero-order valence-corrected chi connectivity index (χ0v) is 19.7. The van der Waals surface area contributed by atoms with Gasteiger partial charge in [-0.1, -0.05) is 18.9 Å². The van der Waals surface area contributed by atoms with Crippen LogP contribution in [-0.4, -0.2) is 54.6 Å². The largest absolute Gasteiger partial charge is 0.412 e. The van der Waals surface area contributed by atoms with Gasteiger partial charge in [-0.2, -0.15) is 0 Å². The highest BCUT2D eigenvalue weighted by molar-refractivity contribution is 6.12.